The van der Waals surface area contributed by atoms with E-state index in [9.17, 15) is 18.0 Å². The van der Waals surface area contributed by atoms with Gasteiger partial charge in [0, 0.05) is 19.3 Å². The van der Waals surface area contributed by atoms with Gasteiger partial charge in [0.05, 0.1) is 37.6 Å². The molecule has 0 amide bonds. The molecule has 13 heteroatoms. The van der Waals surface area contributed by atoms with Gasteiger partial charge in [0.25, 0.3) is 0 Å². The highest BCUT2D eigenvalue weighted by molar-refractivity contribution is 5.81. The summed E-state index contributed by atoms with van der Waals surface area (Å²) in [6, 6.07) is -1.01. The lowest BCUT2D eigenvalue weighted by atomic mass is 9.96. The number of aromatic nitrogens is 2. The number of anilines is 2. The minimum atomic E-state index is -4.54. The fraction of sp³-hybridized carbons (Fsp3) is 0.600. The summed E-state index contributed by atoms with van der Waals surface area (Å²) in [5.74, 6) is -0.649. The van der Waals surface area contributed by atoms with Gasteiger partial charge >= 0.3 is 12.1 Å². The van der Waals surface area contributed by atoms with Crippen molar-refractivity contribution >= 4 is 23.8 Å². The monoisotopic (exact) mass is 542 g/mol. The van der Waals surface area contributed by atoms with Crippen molar-refractivity contribution in [1.29, 1.82) is 0 Å². The maximum atomic E-state index is 15.5. The number of aliphatic imine (C=N–C) groups is 1. The van der Waals surface area contributed by atoms with E-state index in [4.69, 9.17) is 9.47 Å². The number of hydrogen-bond acceptors (Lipinski definition) is 9. The van der Waals surface area contributed by atoms with Gasteiger partial charge in [-0.2, -0.15) is 17.6 Å². The first kappa shape index (κ1) is 29.5. The van der Waals surface area contributed by atoms with Crippen molar-refractivity contribution in [3.63, 3.8) is 0 Å². The molecule has 3 heterocycles. The maximum absolute atomic E-state index is 15.5. The summed E-state index contributed by atoms with van der Waals surface area (Å²) in [4.78, 5) is 27.5. The van der Waals surface area contributed by atoms with E-state index < -0.39 is 23.6 Å². The molecule has 2 aliphatic heterocycles. The number of rotatable bonds is 9. The number of carbonyl (C=O) groups excluding carboxylic acids is 1. The van der Waals surface area contributed by atoms with E-state index in [-0.39, 0.29) is 55.0 Å². The Morgan fingerprint density at radius 3 is 2.68 bits per heavy atom. The van der Waals surface area contributed by atoms with Crippen LogP contribution in [-0.2, 0) is 14.3 Å². The van der Waals surface area contributed by atoms with Gasteiger partial charge in [0.2, 0.25) is 5.82 Å². The van der Waals surface area contributed by atoms with E-state index in [1.807, 2.05) is 6.92 Å². The molecular weight excluding hydrogens is 508 g/mol. The van der Waals surface area contributed by atoms with Crippen LogP contribution in [0.15, 0.2) is 35.2 Å². The first-order chi connectivity index (χ1) is 18.1. The third kappa shape index (κ3) is 7.28. The average Bonchev–Trinajstić information content (AvgIpc) is 2.91. The van der Waals surface area contributed by atoms with E-state index in [1.165, 1.54) is 20.4 Å². The Morgan fingerprint density at radius 2 is 2.05 bits per heavy atom. The zero-order valence-electron chi connectivity index (χ0n) is 21.8. The molecule has 1 aromatic rings. The fourth-order valence-corrected chi connectivity index (χ4v) is 4.47. The lowest BCUT2D eigenvalue weighted by Gasteiger charge is -2.36. The summed E-state index contributed by atoms with van der Waals surface area (Å²) >= 11 is 0. The molecule has 1 N–H and O–H groups in total. The van der Waals surface area contributed by atoms with Gasteiger partial charge < -0.3 is 19.7 Å². The van der Waals surface area contributed by atoms with Gasteiger partial charge in [-0.25, -0.2) is 9.97 Å². The van der Waals surface area contributed by atoms with E-state index in [2.05, 4.69) is 31.8 Å². The van der Waals surface area contributed by atoms with Gasteiger partial charge in [-0.05, 0) is 45.7 Å². The Morgan fingerprint density at radius 1 is 1.34 bits per heavy atom. The second-order valence-electron chi connectivity index (χ2n) is 9.19. The van der Waals surface area contributed by atoms with Crippen LogP contribution in [0.2, 0.25) is 0 Å². The third-order valence-electron chi connectivity index (χ3n) is 6.86. The molecular formula is C25H34F4N6O3. The number of nitrogens with zero attached hydrogens (tertiary/aromatic N) is 5. The minimum absolute atomic E-state index is 0.00375. The predicted molar refractivity (Wildman–Crippen MR) is 136 cm³/mol. The number of alkyl halides is 3. The molecule has 38 heavy (non-hydrogen) atoms. The molecule has 0 aliphatic carbocycles. The van der Waals surface area contributed by atoms with Crippen molar-refractivity contribution < 1.29 is 31.8 Å². The second-order valence-corrected chi connectivity index (χ2v) is 9.19. The molecule has 1 aromatic heterocycles. The van der Waals surface area contributed by atoms with Gasteiger partial charge in [0.15, 0.2) is 11.6 Å². The topological polar surface area (TPSA) is 92.2 Å². The predicted octanol–water partition coefficient (Wildman–Crippen LogP) is 3.60. The van der Waals surface area contributed by atoms with Crippen molar-refractivity contribution in [2.45, 2.75) is 44.9 Å². The number of hydrogen-bond donors (Lipinski definition) is 1. The molecule has 0 saturated carbocycles. The van der Waals surface area contributed by atoms with Crippen LogP contribution in [0.3, 0.4) is 0 Å². The quantitative estimate of drug-likeness (QED) is 0.288. The number of nitrogens with one attached hydrogen (secondary N) is 1. The smallest absolute Gasteiger partial charge is 0.417 e. The number of morpholine rings is 1. The molecule has 1 unspecified atom stereocenters. The van der Waals surface area contributed by atoms with Crippen molar-refractivity contribution in [2.75, 3.05) is 56.7 Å². The molecule has 0 radical (unpaired) electrons. The molecule has 2 saturated heterocycles. The number of piperidine rings is 1. The maximum Gasteiger partial charge on any atom is 0.417 e. The molecule has 3 rings (SSSR count). The zero-order chi connectivity index (χ0) is 27.9. The number of esters is 1. The third-order valence-corrected chi connectivity index (χ3v) is 6.86. The Balaban J connectivity index is 1.66. The molecule has 210 valence electrons. The Hall–Kier alpha value is -3.06. The number of methoxy groups -OCH3 is 1. The van der Waals surface area contributed by atoms with Crippen LogP contribution in [-0.4, -0.2) is 91.8 Å². The van der Waals surface area contributed by atoms with Crippen LogP contribution in [0.5, 0.6) is 0 Å². The van der Waals surface area contributed by atoms with Crippen molar-refractivity contribution in [3.8, 4) is 0 Å². The second kappa shape index (κ2) is 13.1. The van der Waals surface area contributed by atoms with Crippen molar-refractivity contribution in [2.24, 2.45) is 10.9 Å². The number of likely N-dealkylation sites (tertiary alicyclic amines) is 1. The van der Waals surface area contributed by atoms with Crippen LogP contribution in [0.4, 0.5) is 29.2 Å². The molecule has 2 aliphatic rings. The van der Waals surface area contributed by atoms with E-state index in [1.54, 1.807) is 4.90 Å². The zero-order valence-corrected chi connectivity index (χ0v) is 21.8. The molecule has 0 aromatic carbocycles. The van der Waals surface area contributed by atoms with E-state index in [0.29, 0.717) is 12.8 Å². The van der Waals surface area contributed by atoms with Crippen LogP contribution < -0.4 is 10.2 Å². The minimum Gasteiger partial charge on any atom is -0.468 e. The molecule has 0 bridgehead atoms. The van der Waals surface area contributed by atoms with Crippen molar-refractivity contribution in [3.05, 3.63) is 36.1 Å². The largest absolute Gasteiger partial charge is 0.468 e. The van der Waals surface area contributed by atoms with Crippen LogP contribution in [0.1, 0.15) is 26.7 Å². The highest BCUT2D eigenvalue weighted by Crippen LogP contribution is 2.29. The van der Waals surface area contributed by atoms with Crippen LogP contribution >= 0.6 is 0 Å². The first-order valence-corrected chi connectivity index (χ1v) is 12.4. The van der Waals surface area contributed by atoms with Crippen molar-refractivity contribution in [1.82, 2.24) is 14.9 Å². The lowest BCUT2D eigenvalue weighted by molar-refractivity contribution is -0.146. The average molecular weight is 543 g/mol. The highest BCUT2D eigenvalue weighted by atomic mass is 19.4. The summed E-state index contributed by atoms with van der Waals surface area (Å²) in [5, 5.41) is 3.07. The van der Waals surface area contributed by atoms with Gasteiger partial charge in [0.1, 0.15) is 12.4 Å². The Bertz CT molecular complexity index is 1040. The SMILES string of the molecule is C=C(/N=C\C(=C/C)C(F)(F)F)[C@H]1COCCN1c1ncnc(NCC2CCN(C(C)C(=O)OC)CC2)c1F. The van der Waals surface area contributed by atoms with E-state index >= 15 is 4.39 Å². The molecule has 9 nitrogen and oxygen atoms in total. The number of halogens is 4. The van der Waals surface area contributed by atoms with Crippen LogP contribution in [0, 0.1) is 11.7 Å². The number of ether oxygens (including phenoxy) is 2. The van der Waals surface area contributed by atoms with Gasteiger partial charge in [-0.15, -0.1) is 0 Å². The molecule has 2 fully saturated rings. The lowest BCUT2D eigenvalue weighted by Crippen LogP contribution is -2.47. The number of carbonyl (C=O) groups is 1. The number of allylic oxidation sites excluding steroid dienone is 2. The summed E-state index contributed by atoms with van der Waals surface area (Å²) in [6.45, 7) is 9.42. The molecule has 2 atom stereocenters. The summed E-state index contributed by atoms with van der Waals surface area (Å²) < 4.78 is 64.9. The molecule has 0 spiro atoms. The first-order valence-electron chi connectivity index (χ1n) is 12.4. The van der Waals surface area contributed by atoms with Crippen LogP contribution in [0.25, 0.3) is 0 Å². The summed E-state index contributed by atoms with van der Waals surface area (Å²) in [7, 11) is 1.37. The standard InChI is InChI=1S/C25H34F4N6O3/c1-5-19(25(27,28)29)13-30-16(2)20-14-38-11-10-35(20)23-21(26)22(32-15-33-23)31-12-18-6-8-34(9-7-18)17(3)24(36)37-4/h5,13,15,17-18,20H,2,6-12,14H2,1,3-4H3,(H,31,32,33)/b19-5+,30-13-/t17?,20-/m1/s1. The Kier molecular flexibility index (Phi) is 10.2. The fourth-order valence-electron chi connectivity index (χ4n) is 4.47. The Labute approximate surface area is 219 Å². The summed E-state index contributed by atoms with van der Waals surface area (Å²) in [5.41, 5.74) is -0.819. The summed E-state index contributed by atoms with van der Waals surface area (Å²) in [6.07, 6.45) is -0.0434. The van der Waals surface area contributed by atoms with Gasteiger partial charge in [-0.3, -0.25) is 14.7 Å². The van der Waals surface area contributed by atoms with Gasteiger partial charge in [-0.1, -0.05) is 12.7 Å². The van der Waals surface area contributed by atoms with E-state index in [0.717, 1.165) is 32.0 Å². The highest BCUT2D eigenvalue weighted by Gasteiger charge is 2.33. The normalized spacial score (nSPS) is 21.0.